The van der Waals surface area contributed by atoms with E-state index in [4.69, 9.17) is 5.84 Å². The molecule has 3 unspecified atom stereocenters. The van der Waals surface area contributed by atoms with Crippen LogP contribution in [0.5, 0.6) is 0 Å². The lowest BCUT2D eigenvalue weighted by molar-refractivity contribution is 0.336. The number of rotatable bonds is 7. The van der Waals surface area contributed by atoms with E-state index in [2.05, 4.69) is 67.1 Å². The van der Waals surface area contributed by atoms with Crippen molar-refractivity contribution in [1.29, 1.82) is 0 Å². The summed E-state index contributed by atoms with van der Waals surface area (Å²) in [6.45, 7) is 4.57. The van der Waals surface area contributed by atoms with Crippen LogP contribution in [0, 0.1) is 5.92 Å². The van der Waals surface area contributed by atoms with E-state index >= 15 is 0 Å². The van der Waals surface area contributed by atoms with Crippen LogP contribution in [0.1, 0.15) is 36.6 Å². The Labute approximate surface area is 126 Å². The van der Waals surface area contributed by atoms with E-state index in [1.807, 2.05) is 0 Å². The van der Waals surface area contributed by atoms with Crippen molar-refractivity contribution in [3.63, 3.8) is 0 Å². The molecule has 1 aromatic heterocycles. The molecule has 0 saturated heterocycles. The maximum Gasteiger partial charge on any atom is 0.0329 e. The molecule has 0 aliphatic carbocycles. The first-order valence-corrected chi connectivity index (χ1v) is 8.17. The molecule has 0 aliphatic rings. The highest BCUT2D eigenvalue weighted by Gasteiger charge is 2.27. The highest BCUT2D eigenvalue weighted by molar-refractivity contribution is 7.09. The molecule has 0 radical (unpaired) electrons. The third kappa shape index (κ3) is 3.69. The summed E-state index contributed by atoms with van der Waals surface area (Å²) in [5, 5.41) is 2.13. The van der Waals surface area contributed by atoms with Gasteiger partial charge in [-0.15, -0.1) is 11.3 Å². The Balaban J connectivity index is 2.24. The molecule has 2 rings (SSSR count). The van der Waals surface area contributed by atoms with Gasteiger partial charge in [-0.3, -0.25) is 11.3 Å². The minimum absolute atomic E-state index is 0.269. The summed E-state index contributed by atoms with van der Waals surface area (Å²) in [6.07, 6.45) is 2.14. The fourth-order valence-corrected chi connectivity index (χ4v) is 3.59. The summed E-state index contributed by atoms with van der Waals surface area (Å²) in [7, 11) is 0. The zero-order chi connectivity index (χ0) is 14.4. The van der Waals surface area contributed by atoms with Gasteiger partial charge in [0.2, 0.25) is 0 Å². The van der Waals surface area contributed by atoms with Crippen LogP contribution >= 0.6 is 11.3 Å². The Hall–Kier alpha value is -1.16. The van der Waals surface area contributed by atoms with Crippen molar-refractivity contribution in [2.45, 2.75) is 38.6 Å². The third-order valence-electron chi connectivity index (χ3n) is 4.09. The number of nitrogens with two attached hydrogens (primary N) is 1. The smallest absolute Gasteiger partial charge is 0.0329 e. The lowest BCUT2D eigenvalue weighted by atomic mass is 9.79. The summed E-state index contributed by atoms with van der Waals surface area (Å²) >= 11 is 1.80. The molecule has 0 bridgehead atoms. The molecule has 1 aromatic carbocycles. The molecule has 0 spiro atoms. The van der Waals surface area contributed by atoms with Gasteiger partial charge in [0, 0.05) is 16.8 Å². The minimum Gasteiger partial charge on any atom is -0.271 e. The maximum atomic E-state index is 5.87. The number of benzene rings is 1. The number of thiophene rings is 1. The lowest BCUT2D eigenvalue weighted by Gasteiger charge is -2.31. The van der Waals surface area contributed by atoms with Crippen molar-refractivity contribution in [2.24, 2.45) is 11.8 Å². The van der Waals surface area contributed by atoms with Gasteiger partial charge in [0.1, 0.15) is 0 Å². The first kappa shape index (κ1) is 15.2. The van der Waals surface area contributed by atoms with Gasteiger partial charge < -0.3 is 0 Å². The van der Waals surface area contributed by atoms with Crippen molar-refractivity contribution >= 4 is 11.3 Å². The standard InChI is InChI=1S/C17H24N2S/c1-3-13(2)17(14-8-5-4-6-9-14)16(19-18)12-15-10-7-11-20-15/h4-11,13,16-17,19H,3,12,18H2,1-2H3. The predicted octanol–water partition coefficient (Wildman–Crippen LogP) is 3.95. The highest BCUT2D eigenvalue weighted by Crippen LogP contribution is 2.32. The van der Waals surface area contributed by atoms with Crippen LogP contribution in [0.4, 0.5) is 0 Å². The third-order valence-corrected chi connectivity index (χ3v) is 4.99. The Morgan fingerprint density at radius 1 is 1.15 bits per heavy atom. The van der Waals surface area contributed by atoms with Gasteiger partial charge in [0.25, 0.3) is 0 Å². The predicted molar refractivity (Wildman–Crippen MR) is 87.8 cm³/mol. The normalized spacial score (nSPS) is 15.8. The fourth-order valence-electron chi connectivity index (χ4n) is 2.82. The van der Waals surface area contributed by atoms with Crippen LogP contribution in [0.3, 0.4) is 0 Å². The molecule has 3 N–H and O–H groups in total. The van der Waals surface area contributed by atoms with Gasteiger partial charge in [-0.25, -0.2) is 0 Å². The molecular weight excluding hydrogens is 264 g/mol. The highest BCUT2D eigenvalue weighted by atomic mass is 32.1. The number of hydrogen-bond donors (Lipinski definition) is 2. The van der Waals surface area contributed by atoms with Crippen LogP contribution in [-0.4, -0.2) is 6.04 Å². The Kier molecular flexibility index (Phi) is 5.77. The van der Waals surface area contributed by atoms with E-state index in [0.717, 1.165) is 12.8 Å². The molecule has 2 aromatic rings. The average Bonchev–Trinajstić information content (AvgIpc) is 3.00. The van der Waals surface area contributed by atoms with E-state index in [0.29, 0.717) is 11.8 Å². The summed E-state index contributed by atoms with van der Waals surface area (Å²) in [6, 6.07) is 15.3. The zero-order valence-electron chi connectivity index (χ0n) is 12.3. The number of hydrogen-bond acceptors (Lipinski definition) is 3. The van der Waals surface area contributed by atoms with Crippen LogP contribution < -0.4 is 11.3 Å². The van der Waals surface area contributed by atoms with Crippen LogP contribution in [0.25, 0.3) is 0 Å². The van der Waals surface area contributed by atoms with E-state index < -0.39 is 0 Å². The Bertz CT molecular complexity index is 481. The summed E-state index contributed by atoms with van der Waals surface area (Å²) in [5.74, 6) is 6.91. The van der Waals surface area contributed by atoms with Crippen LogP contribution in [0.15, 0.2) is 47.8 Å². The topological polar surface area (TPSA) is 38.0 Å². The number of nitrogens with one attached hydrogen (secondary N) is 1. The molecule has 20 heavy (non-hydrogen) atoms. The summed E-state index contributed by atoms with van der Waals surface area (Å²) in [5.41, 5.74) is 4.44. The minimum atomic E-state index is 0.269. The van der Waals surface area contributed by atoms with E-state index in [-0.39, 0.29) is 6.04 Å². The molecule has 0 fully saturated rings. The molecule has 0 amide bonds. The van der Waals surface area contributed by atoms with Crippen LogP contribution in [-0.2, 0) is 6.42 Å². The van der Waals surface area contributed by atoms with Gasteiger partial charge in [-0.2, -0.15) is 0 Å². The molecule has 1 heterocycles. The SMILES string of the molecule is CCC(C)C(c1ccccc1)C(Cc1cccs1)NN. The van der Waals surface area contributed by atoms with Gasteiger partial charge in [-0.1, -0.05) is 56.7 Å². The van der Waals surface area contributed by atoms with Gasteiger partial charge >= 0.3 is 0 Å². The monoisotopic (exact) mass is 288 g/mol. The molecule has 0 saturated carbocycles. The summed E-state index contributed by atoms with van der Waals surface area (Å²) in [4.78, 5) is 1.39. The molecule has 3 heteroatoms. The quantitative estimate of drug-likeness (QED) is 0.598. The fraction of sp³-hybridized carbons (Fsp3) is 0.412. The maximum absolute atomic E-state index is 5.87. The van der Waals surface area contributed by atoms with Gasteiger partial charge in [0.05, 0.1) is 0 Å². The largest absolute Gasteiger partial charge is 0.271 e. The number of hydrazine groups is 1. The van der Waals surface area contributed by atoms with Crippen molar-refractivity contribution in [1.82, 2.24) is 5.43 Å². The van der Waals surface area contributed by atoms with E-state index in [1.165, 1.54) is 10.4 Å². The lowest BCUT2D eigenvalue weighted by Crippen LogP contribution is -2.43. The summed E-state index contributed by atoms with van der Waals surface area (Å²) < 4.78 is 0. The molecule has 108 valence electrons. The van der Waals surface area contributed by atoms with Crippen molar-refractivity contribution in [3.05, 3.63) is 58.3 Å². The second kappa shape index (κ2) is 7.58. The molecular formula is C17H24N2S. The second-order valence-corrected chi connectivity index (χ2v) is 6.41. The molecule has 3 atom stereocenters. The first-order valence-electron chi connectivity index (χ1n) is 7.29. The van der Waals surface area contributed by atoms with Crippen molar-refractivity contribution in [3.8, 4) is 0 Å². The van der Waals surface area contributed by atoms with Gasteiger partial charge in [-0.05, 0) is 29.3 Å². The van der Waals surface area contributed by atoms with E-state index in [9.17, 15) is 0 Å². The first-order chi connectivity index (χ1) is 9.76. The Morgan fingerprint density at radius 3 is 2.45 bits per heavy atom. The van der Waals surface area contributed by atoms with Crippen molar-refractivity contribution < 1.29 is 0 Å². The second-order valence-electron chi connectivity index (χ2n) is 5.38. The van der Waals surface area contributed by atoms with Crippen molar-refractivity contribution in [2.75, 3.05) is 0 Å². The van der Waals surface area contributed by atoms with E-state index in [1.54, 1.807) is 11.3 Å². The molecule has 2 nitrogen and oxygen atoms in total. The van der Waals surface area contributed by atoms with Gasteiger partial charge in [0.15, 0.2) is 0 Å². The zero-order valence-corrected chi connectivity index (χ0v) is 13.1. The molecule has 0 aliphatic heterocycles. The van der Waals surface area contributed by atoms with Crippen LogP contribution in [0.2, 0.25) is 0 Å². The Morgan fingerprint density at radius 2 is 1.90 bits per heavy atom. The average molecular weight is 288 g/mol.